The molecule has 5 aromatic carbocycles. The minimum absolute atomic E-state index is 0.00722. The first-order chi connectivity index (χ1) is 57.5. The molecule has 6 fully saturated rings. The third-order valence-corrected chi connectivity index (χ3v) is 24.9. The number of likely N-dealkylation sites (N-methyl/N-ethyl adjacent to an activating group) is 2. The number of phenolic OH excluding ortho intramolecular Hbond substituents is 1. The fourth-order valence-corrected chi connectivity index (χ4v) is 18.7. The van der Waals surface area contributed by atoms with Gasteiger partial charge in [0.05, 0.1) is 42.9 Å². The summed E-state index contributed by atoms with van der Waals surface area (Å²) in [7, 11) is 1.48. The Hall–Kier alpha value is -9.58. The van der Waals surface area contributed by atoms with Crippen LogP contribution in [0.1, 0.15) is 162 Å². The van der Waals surface area contributed by atoms with E-state index in [2.05, 4.69) is 53.2 Å². The van der Waals surface area contributed by atoms with Crippen molar-refractivity contribution in [3.63, 3.8) is 0 Å². The van der Waals surface area contributed by atoms with Crippen LogP contribution in [-0.4, -0.2) is 224 Å². The van der Waals surface area contributed by atoms with Gasteiger partial charge >= 0.3 is 0 Å². The molecule has 652 valence electrons. The van der Waals surface area contributed by atoms with E-state index in [9.17, 15) is 60.3 Å². The molecule has 5 aliphatic carbocycles. The summed E-state index contributed by atoms with van der Waals surface area (Å²) in [5, 5.41) is 134. The van der Waals surface area contributed by atoms with Crippen LogP contribution >= 0.6 is 11.6 Å². The van der Waals surface area contributed by atoms with Gasteiger partial charge < -0.3 is 133 Å². The number of aromatic hydroxyl groups is 1. The fraction of sp³-hybridized carbons (Fsp3) is 0.536. The molecule has 19 atom stereocenters. The molecule has 0 spiro atoms. The fourth-order valence-electron chi connectivity index (χ4n) is 18.5. The number of amides is 9. The molecule has 0 aromatic heterocycles. The zero-order valence-electron chi connectivity index (χ0n) is 67.4. The van der Waals surface area contributed by atoms with Gasteiger partial charge in [-0.3, -0.25) is 48.5 Å². The van der Waals surface area contributed by atoms with E-state index in [-0.39, 0.29) is 104 Å². The molecule has 1 unspecified atom stereocenters. The number of hydrogen-bond donors (Lipinski definition) is 20. The van der Waals surface area contributed by atoms with E-state index in [4.69, 9.17) is 50.5 Å². The molecule has 7 aliphatic heterocycles. The topological polar surface area (TPSA) is 547 Å². The Morgan fingerprint density at radius 3 is 2.02 bits per heavy atom. The van der Waals surface area contributed by atoms with Gasteiger partial charge in [-0.05, 0) is 196 Å². The summed E-state index contributed by atoms with van der Waals surface area (Å²) in [6.45, 7) is 9.80. The molecule has 21 N–H and O–H groups in total. The highest BCUT2D eigenvalue weighted by molar-refractivity contribution is 6.32. The second-order valence-corrected chi connectivity index (χ2v) is 34.2. The first-order valence-electron chi connectivity index (χ1n) is 40.8. The lowest BCUT2D eigenvalue weighted by atomic mass is 9.54. The number of hydrogen-bond acceptors (Lipinski definition) is 28. The minimum Gasteiger partial charge on any atom is -0.508 e. The van der Waals surface area contributed by atoms with Crippen molar-refractivity contribution in [2.24, 2.45) is 35.3 Å². The van der Waals surface area contributed by atoms with Crippen LogP contribution < -0.4 is 73.1 Å². The van der Waals surface area contributed by atoms with Crippen LogP contribution in [0.15, 0.2) is 84.9 Å². The van der Waals surface area contributed by atoms with Crippen molar-refractivity contribution in [3.8, 4) is 45.6 Å². The molecule has 17 rings (SSSR count). The van der Waals surface area contributed by atoms with Crippen molar-refractivity contribution < 1.29 is 122 Å². The van der Waals surface area contributed by atoms with Crippen LogP contribution in [0, 0.1) is 29.6 Å². The Morgan fingerprint density at radius 1 is 0.702 bits per heavy atom. The van der Waals surface area contributed by atoms with Crippen LogP contribution in [0.5, 0.6) is 34.5 Å². The minimum atomic E-state index is -2.98. The molecule has 9 amide bonds. The second kappa shape index (κ2) is 35.7. The molecular formula is C84H104ClN11O25. The predicted octanol–water partition coefficient (Wildman–Crippen LogP) is 0.569. The van der Waals surface area contributed by atoms with Crippen molar-refractivity contribution in [1.29, 1.82) is 0 Å². The molecular weight excluding hydrogens is 1600 g/mol. The van der Waals surface area contributed by atoms with Crippen LogP contribution in [0.2, 0.25) is 5.02 Å². The third kappa shape index (κ3) is 18.2. The number of carbonyl (C=O) groups is 9. The molecule has 0 radical (unpaired) electrons. The summed E-state index contributed by atoms with van der Waals surface area (Å²) in [5.74, 6) is -15.4. The van der Waals surface area contributed by atoms with Crippen LogP contribution in [0.3, 0.4) is 0 Å². The van der Waals surface area contributed by atoms with Gasteiger partial charge in [0, 0.05) is 35.7 Å². The zero-order chi connectivity index (χ0) is 86.7. The molecule has 37 heteroatoms. The highest BCUT2D eigenvalue weighted by Gasteiger charge is 2.54. The number of nitrogens with one attached hydrogen (secondary N) is 10. The van der Waals surface area contributed by atoms with Crippen LogP contribution in [-0.2, 0) is 67.9 Å². The highest BCUT2D eigenvalue weighted by atomic mass is 35.5. The van der Waals surface area contributed by atoms with Crippen LogP contribution in [0.4, 0.5) is 0 Å². The zero-order valence-corrected chi connectivity index (χ0v) is 68.2. The van der Waals surface area contributed by atoms with E-state index in [1.165, 1.54) is 88.5 Å². The number of phenols is 1. The third-order valence-electron chi connectivity index (χ3n) is 24.6. The number of aliphatic hydroxyl groups excluding tert-OH is 6. The van der Waals surface area contributed by atoms with E-state index < -0.39 is 216 Å². The SMILES string of the molecule is CCNCCOC(C)C(=O)NC(=O)C[C@@H]1NC(=O)[C@H](NC(=O)[C@@H](CC(C)C)NC)[C@H](O)c2ccc(c(Cl)c2)Oc2cc3cc(c2O[C@@H]2O[C@H](CO)[C@@H](O)[C@H](O)[C@H]2O[C@H]2C[C@](C)(N)[C@H](O)[C@H](C)O2)Oc2ccc(cc2)[C@@H](O)[C@@H]2NC(=O)[C@H](NC(=O)[C@@H]3NC1=O)c1ccc3c(c1)-c1c(cc(O)cc1C3(O)O)[C@@H](C(=O)NC1C3CC4CC(C3)CC1C4)NC2=O. The standard InChI is InChI=1S/C84H104ClN11O25/c1-8-88-17-18-115-36(5)74(105)90-58(99)31-53-76(107)92-63-44-27-55(71(121-82-72(70(103)69(102)57(33-97)119-82)120-59-32-83(6,86)73(104)35(4)116-59)56(28-44)118-54-16-12-41(26-51(54)85)68(101)66(80(111)89-53)95-75(106)52(87-7)19-34(2)3)117-46-13-9-39(10-14-46)67(100)65-81(112)94-64(79(110)91-61-42-21-37-20-38(23-42)24-43(61)22-37)48-29-45(98)30-50-60(48)47-25-40(11-15-49(47)84(50,113)114)62(77(108)96-65)93-78(63)109/h9-16,25-30,34-38,42-43,52-53,57,59,61-70,72-73,82,87-88,97-98,100-104,113-114H,8,17-24,31-33,86H2,1-7H3,(H,89,111)(H,91,110)(H,92,107)(H,93,109)(H,94,112)(H,95,106)(H,96,108)(H,90,99,105)/t35-,36?,37?,38?,42?,43?,52+,53-,57+,59-,61?,62+,63+,64-,65-,66+,67+,68+,69+,70-,72+,73+,82-,83-/m0/s1. The largest absolute Gasteiger partial charge is 0.508 e. The Balaban J connectivity index is 0.960. The molecule has 2 saturated heterocycles. The summed E-state index contributed by atoms with van der Waals surface area (Å²) < 4.78 is 44.7. The number of carbonyl (C=O) groups excluding carboxylic acids is 9. The van der Waals surface area contributed by atoms with Crippen molar-refractivity contribution in [2.45, 2.75) is 220 Å². The maximum atomic E-state index is 16.6. The number of benzene rings is 5. The van der Waals surface area contributed by atoms with E-state index in [1.54, 1.807) is 0 Å². The molecule has 36 nitrogen and oxygen atoms in total. The van der Waals surface area contributed by atoms with Gasteiger partial charge in [0.25, 0.3) is 5.91 Å². The highest BCUT2D eigenvalue weighted by Crippen LogP contribution is 2.56. The Kier molecular flexibility index (Phi) is 25.9. The maximum Gasteiger partial charge on any atom is 0.255 e. The quantitative estimate of drug-likeness (QED) is 0.0374. The lowest BCUT2D eigenvalue weighted by Gasteiger charge is -2.54. The Morgan fingerprint density at radius 2 is 1.36 bits per heavy atom. The number of aliphatic hydroxyl groups is 8. The van der Waals surface area contributed by atoms with E-state index in [1.807, 2.05) is 20.8 Å². The summed E-state index contributed by atoms with van der Waals surface area (Å²) in [5.41, 5.74) is 3.28. The summed E-state index contributed by atoms with van der Waals surface area (Å²) in [4.78, 5) is 138. The number of fused-ring (bicyclic) bond motifs is 12. The number of halogens is 1. The van der Waals surface area contributed by atoms with E-state index in [0.717, 1.165) is 56.4 Å². The number of rotatable bonds is 20. The number of ether oxygens (including phenoxy) is 7. The van der Waals surface area contributed by atoms with Gasteiger partial charge in [-0.2, -0.15) is 0 Å². The van der Waals surface area contributed by atoms with Gasteiger partial charge in [0.2, 0.25) is 65.1 Å². The normalized spacial score (nSPS) is 32.0. The predicted molar refractivity (Wildman–Crippen MR) is 425 cm³/mol. The van der Waals surface area contributed by atoms with Crippen molar-refractivity contribution >= 4 is 64.8 Å². The van der Waals surface area contributed by atoms with Gasteiger partial charge in [-0.1, -0.05) is 62.7 Å². The van der Waals surface area contributed by atoms with Crippen molar-refractivity contribution in [3.05, 3.63) is 129 Å². The first-order valence-corrected chi connectivity index (χ1v) is 41.2. The number of imide groups is 1. The summed E-state index contributed by atoms with van der Waals surface area (Å²) >= 11 is 7.21. The second-order valence-electron chi connectivity index (χ2n) is 33.8. The Bertz CT molecular complexity index is 4780. The lowest BCUT2D eigenvalue weighted by molar-refractivity contribution is -0.333. The first kappa shape index (κ1) is 87.8. The van der Waals surface area contributed by atoms with E-state index in [0.29, 0.717) is 24.9 Å². The molecule has 15 bridgehead atoms. The Labute approximate surface area is 700 Å². The lowest BCUT2D eigenvalue weighted by Crippen LogP contribution is -2.64. The number of nitrogens with two attached hydrogens (primary N) is 1. The van der Waals surface area contributed by atoms with Gasteiger partial charge in [-0.25, -0.2) is 0 Å². The van der Waals surface area contributed by atoms with Crippen molar-refractivity contribution in [1.82, 2.24) is 53.2 Å². The average Bonchev–Trinajstić information content (AvgIpc) is 1.56. The van der Waals surface area contributed by atoms with Crippen LogP contribution in [0.25, 0.3) is 11.1 Å². The average molecular weight is 1700 g/mol. The molecule has 121 heavy (non-hydrogen) atoms. The summed E-state index contributed by atoms with van der Waals surface area (Å²) in [6, 6.07) is 2.64. The molecule has 7 heterocycles. The van der Waals surface area contributed by atoms with Crippen molar-refractivity contribution in [2.75, 3.05) is 33.4 Å². The molecule has 4 saturated carbocycles. The summed E-state index contributed by atoms with van der Waals surface area (Å²) in [6.07, 6.45) is -15.3. The van der Waals surface area contributed by atoms with Gasteiger partial charge in [-0.15, -0.1) is 0 Å². The van der Waals surface area contributed by atoms with Gasteiger partial charge in [0.1, 0.15) is 90.1 Å². The maximum absolute atomic E-state index is 16.6. The van der Waals surface area contributed by atoms with Gasteiger partial charge in [0.15, 0.2) is 23.9 Å². The molecule has 12 aliphatic rings. The monoisotopic (exact) mass is 1700 g/mol. The smallest absolute Gasteiger partial charge is 0.255 e. The molecule has 5 aromatic rings. The van der Waals surface area contributed by atoms with E-state index >= 15 is 28.8 Å².